The van der Waals surface area contributed by atoms with Gasteiger partial charge in [0.2, 0.25) is 0 Å². The van der Waals surface area contributed by atoms with Gasteiger partial charge in [0.25, 0.3) is 0 Å². The van der Waals surface area contributed by atoms with Gasteiger partial charge < -0.3 is 0 Å². The number of aromatic nitrogens is 3. The fraction of sp³-hybridized carbons (Fsp3) is 0. The first-order chi connectivity index (χ1) is 2.50. The summed E-state index contributed by atoms with van der Waals surface area (Å²) in [7, 11) is 0. The van der Waals surface area contributed by atoms with Crippen molar-refractivity contribution >= 4 is 37.7 Å². The Morgan fingerprint density at radius 2 is 2.33 bits per heavy atom. The number of rotatable bonds is 0. The maximum atomic E-state index is 3.56. The summed E-state index contributed by atoms with van der Waals surface area (Å²) < 4.78 is 0. The number of nitrogens with one attached hydrogen (secondary N) is 1. The predicted octanol–water partition coefficient (Wildman–Crippen LogP) is -1.11. The minimum Gasteiger partial charge on any atom is -0.266 e. The van der Waals surface area contributed by atoms with Gasteiger partial charge in [-0.2, -0.15) is 5.10 Å². The van der Waals surface area contributed by atoms with E-state index in [1.165, 1.54) is 12.7 Å². The van der Waals surface area contributed by atoms with E-state index in [2.05, 4.69) is 15.2 Å². The molecular weight excluding hydrogens is 106 g/mol. The van der Waals surface area contributed by atoms with Crippen LogP contribution >= 0.6 is 0 Å². The first-order valence-electron chi connectivity index (χ1n) is 1.29. The molecule has 1 N–H and O–H groups in total. The normalized spacial score (nSPS) is 6.67. The zero-order valence-corrected chi connectivity index (χ0v) is 2.55. The van der Waals surface area contributed by atoms with Crippen molar-refractivity contribution in [1.29, 1.82) is 0 Å². The van der Waals surface area contributed by atoms with Gasteiger partial charge in [0.1, 0.15) is 12.7 Å². The Morgan fingerprint density at radius 3 is 2.50 bits per heavy atom. The molecule has 0 aliphatic heterocycles. The molecule has 0 bridgehead atoms. The molecule has 1 heterocycles. The standard InChI is InChI=1S/C2H3N3.Ca.2H/c1-3-2-5-4-1;;;/h1-2H,(H,3,4,5);;;. The average molecular weight is 111 g/mol. The topological polar surface area (TPSA) is 41.6 Å². The quantitative estimate of drug-likeness (QED) is 0.431. The van der Waals surface area contributed by atoms with Crippen molar-refractivity contribution in [3.63, 3.8) is 0 Å². The predicted molar refractivity (Wildman–Crippen MR) is 24.9 cm³/mol. The Kier molecular flexibility index (Phi) is 3.82. The van der Waals surface area contributed by atoms with E-state index in [0.717, 1.165) is 0 Å². The van der Waals surface area contributed by atoms with Crippen molar-refractivity contribution in [1.82, 2.24) is 15.2 Å². The first-order valence-corrected chi connectivity index (χ1v) is 1.29. The number of hydrogen-bond acceptors (Lipinski definition) is 2. The molecule has 30 valence electrons. The van der Waals surface area contributed by atoms with Crippen molar-refractivity contribution in [3.05, 3.63) is 12.7 Å². The summed E-state index contributed by atoms with van der Waals surface area (Å²) in [5, 5.41) is 5.99. The second-order valence-corrected chi connectivity index (χ2v) is 0.652. The van der Waals surface area contributed by atoms with E-state index in [9.17, 15) is 0 Å². The van der Waals surface area contributed by atoms with E-state index in [1.807, 2.05) is 0 Å². The molecule has 0 aromatic carbocycles. The molecule has 0 spiro atoms. The molecule has 0 atom stereocenters. The maximum Gasteiger partial charge on any atom is 0.137 e. The number of aromatic amines is 1. The summed E-state index contributed by atoms with van der Waals surface area (Å²) in [5.41, 5.74) is 0. The molecule has 6 heavy (non-hydrogen) atoms. The molecule has 0 fully saturated rings. The van der Waals surface area contributed by atoms with Gasteiger partial charge in [-0.1, -0.05) is 0 Å². The van der Waals surface area contributed by atoms with Crippen molar-refractivity contribution in [2.45, 2.75) is 0 Å². The Balaban J connectivity index is 0.000000250. The monoisotopic (exact) mass is 111 g/mol. The van der Waals surface area contributed by atoms with Crippen LogP contribution in [0.25, 0.3) is 0 Å². The summed E-state index contributed by atoms with van der Waals surface area (Å²) in [5.74, 6) is 0. The van der Waals surface area contributed by atoms with Crippen LogP contribution in [0.2, 0.25) is 0 Å². The van der Waals surface area contributed by atoms with Crippen molar-refractivity contribution in [2.75, 3.05) is 0 Å². The van der Waals surface area contributed by atoms with Gasteiger partial charge in [0.15, 0.2) is 0 Å². The van der Waals surface area contributed by atoms with E-state index in [1.54, 1.807) is 0 Å². The second kappa shape index (κ2) is 3.58. The van der Waals surface area contributed by atoms with E-state index >= 15 is 0 Å². The molecule has 3 nitrogen and oxygen atoms in total. The summed E-state index contributed by atoms with van der Waals surface area (Å²) in [4.78, 5) is 3.56. The minimum absolute atomic E-state index is 0. The van der Waals surface area contributed by atoms with Crippen LogP contribution in [0.5, 0.6) is 0 Å². The molecule has 1 aromatic rings. The molecule has 4 heteroatoms. The third-order valence-electron chi connectivity index (χ3n) is 0.331. The summed E-state index contributed by atoms with van der Waals surface area (Å²) in [6.07, 6.45) is 2.96. The number of hydrogen-bond donors (Lipinski definition) is 1. The van der Waals surface area contributed by atoms with E-state index in [0.29, 0.717) is 0 Å². The van der Waals surface area contributed by atoms with Gasteiger partial charge in [-0.05, 0) is 0 Å². The zero-order valence-electron chi connectivity index (χ0n) is 2.55. The third kappa shape index (κ3) is 1.74. The van der Waals surface area contributed by atoms with Crippen molar-refractivity contribution in [3.8, 4) is 0 Å². The van der Waals surface area contributed by atoms with Crippen LogP contribution < -0.4 is 0 Å². The van der Waals surface area contributed by atoms with Crippen LogP contribution in [0.15, 0.2) is 12.7 Å². The van der Waals surface area contributed by atoms with Crippen LogP contribution in [0.3, 0.4) is 0 Å². The van der Waals surface area contributed by atoms with Crippen LogP contribution in [-0.4, -0.2) is 52.9 Å². The molecule has 0 aliphatic carbocycles. The summed E-state index contributed by atoms with van der Waals surface area (Å²) in [6.45, 7) is 0. The van der Waals surface area contributed by atoms with E-state index in [-0.39, 0.29) is 37.7 Å². The second-order valence-electron chi connectivity index (χ2n) is 0.652. The van der Waals surface area contributed by atoms with Crippen LogP contribution in [0.1, 0.15) is 0 Å². The molecule has 0 saturated heterocycles. The maximum absolute atomic E-state index is 3.56. The Labute approximate surface area is 65.2 Å². The first kappa shape index (κ1) is 6.40. The van der Waals surface area contributed by atoms with Gasteiger partial charge >= 0.3 is 37.7 Å². The molecule has 1 aromatic heterocycles. The molecule has 0 radical (unpaired) electrons. The average Bonchev–Trinajstić information content (AvgIpc) is 1.76. The van der Waals surface area contributed by atoms with Gasteiger partial charge in [0, 0.05) is 0 Å². The largest absolute Gasteiger partial charge is 0.266 e. The van der Waals surface area contributed by atoms with Crippen molar-refractivity contribution < 1.29 is 0 Å². The fourth-order valence-corrected chi connectivity index (χ4v) is 0.167. The molecule has 0 aliphatic rings. The SMILES string of the molecule is [CaH2].c1nc[nH]n1. The van der Waals surface area contributed by atoms with E-state index < -0.39 is 0 Å². The van der Waals surface area contributed by atoms with Gasteiger partial charge in [-0.3, -0.25) is 5.10 Å². The Bertz CT molecular complexity index is 65.3. The summed E-state index contributed by atoms with van der Waals surface area (Å²) >= 11 is 0. The van der Waals surface area contributed by atoms with Crippen LogP contribution in [-0.2, 0) is 0 Å². The van der Waals surface area contributed by atoms with Gasteiger partial charge in [-0.25, -0.2) is 4.98 Å². The van der Waals surface area contributed by atoms with Crippen LogP contribution in [0, 0.1) is 0 Å². The van der Waals surface area contributed by atoms with Gasteiger partial charge in [0.05, 0.1) is 0 Å². The fourth-order valence-electron chi connectivity index (χ4n) is 0.167. The smallest absolute Gasteiger partial charge is 0.137 e. The zero-order chi connectivity index (χ0) is 3.54. The molecular formula is C2H5CaN3. The molecule has 1 rings (SSSR count). The number of nitrogens with zero attached hydrogens (tertiary/aromatic N) is 2. The Morgan fingerprint density at radius 1 is 1.50 bits per heavy atom. The third-order valence-corrected chi connectivity index (χ3v) is 0.331. The van der Waals surface area contributed by atoms with E-state index in [4.69, 9.17) is 0 Å². The Hall–Kier alpha value is 0.400. The molecule has 0 amide bonds. The summed E-state index contributed by atoms with van der Waals surface area (Å²) in [6, 6.07) is 0. The van der Waals surface area contributed by atoms with Crippen LogP contribution in [0.4, 0.5) is 0 Å². The number of H-pyrrole nitrogens is 1. The van der Waals surface area contributed by atoms with Gasteiger partial charge in [-0.15, -0.1) is 0 Å². The van der Waals surface area contributed by atoms with Crippen molar-refractivity contribution in [2.24, 2.45) is 0 Å². The minimum atomic E-state index is 0. The molecule has 0 unspecified atom stereocenters. The molecule has 0 saturated carbocycles.